The third-order valence-corrected chi connectivity index (χ3v) is 3.85. The van der Waals surface area contributed by atoms with Crippen LogP contribution in [0.1, 0.15) is 10.5 Å². The lowest BCUT2D eigenvalue weighted by Gasteiger charge is -2.08. The lowest BCUT2D eigenvalue weighted by molar-refractivity contribution is 0.102. The van der Waals surface area contributed by atoms with Crippen molar-refractivity contribution >= 4 is 39.0 Å². The number of aromatic nitrogens is 2. The summed E-state index contributed by atoms with van der Waals surface area (Å²) >= 11 is 3.42. The minimum Gasteiger partial charge on any atom is -0.338 e. The highest BCUT2D eigenvalue weighted by Gasteiger charge is 2.11. The first-order chi connectivity index (χ1) is 11.6. The molecular weight excluding hydrogens is 375 g/mol. The molecule has 1 heterocycles. The van der Waals surface area contributed by atoms with E-state index in [1.807, 2.05) is 24.3 Å². The number of hydrogen-bond donors (Lipinski definition) is 2. The monoisotopic (exact) mass is 386 g/mol. The number of nitrogens with zero attached hydrogens (tertiary/aromatic N) is 2. The second-order valence-corrected chi connectivity index (χ2v) is 5.70. The van der Waals surface area contributed by atoms with Gasteiger partial charge in [0, 0.05) is 4.47 Å². The van der Waals surface area contributed by atoms with E-state index in [1.54, 1.807) is 18.2 Å². The van der Waals surface area contributed by atoms with Crippen LogP contribution >= 0.6 is 15.9 Å². The van der Waals surface area contributed by atoms with Crippen LogP contribution in [0.2, 0.25) is 0 Å². The largest absolute Gasteiger partial charge is 0.338 e. The van der Waals surface area contributed by atoms with Crippen molar-refractivity contribution in [1.29, 1.82) is 0 Å². The standard InChI is InChI=1S/C17H12BrFN4O/c18-11-5-1-3-7-13(11)20-16-10-9-15(22-23-16)17(24)21-14-8-4-2-6-12(14)19/h1-10H,(H,20,23)(H,21,24). The van der Waals surface area contributed by atoms with Gasteiger partial charge in [-0.2, -0.15) is 0 Å². The lowest BCUT2D eigenvalue weighted by Crippen LogP contribution is -2.15. The van der Waals surface area contributed by atoms with E-state index in [0.29, 0.717) is 5.82 Å². The molecule has 3 aromatic rings. The third-order valence-electron chi connectivity index (χ3n) is 3.16. The van der Waals surface area contributed by atoms with Gasteiger partial charge in [-0.3, -0.25) is 4.79 Å². The topological polar surface area (TPSA) is 66.9 Å². The second-order valence-electron chi connectivity index (χ2n) is 4.84. The van der Waals surface area contributed by atoms with Gasteiger partial charge in [0.05, 0.1) is 11.4 Å². The molecule has 1 aromatic heterocycles. The van der Waals surface area contributed by atoms with Crippen molar-refractivity contribution < 1.29 is 9.18 Å². The number of benzene rings is 2. The molecule has 0 saturated heterocycles. The molecule has 7 heteroatoms. The molecule has 3 rings (SSSR count). The van der Waals surface area contributed by atoms with Gasteiger partial charge in [-0.25, -0.2) is 4.39 Å². The number of carbonyl (C=O) groups is 1. The van der Waals surface area contributed by atoms with Gasteiger partial charge < -0.3 is 10.6 Å². The van der Waals surface area contributed by atoms with E-state index in [0.717, 1.165) is 10.2 Å². The van der Waals surface area contributed by atoms with Gasteiger partial charge in [0.2, 0.25) is 0 Å². The van der Waals surface area contributed by atoms with Gasteiger partial charge in [-0.05, 0) is 52.3 Å². The van der Waals surface area contributed by atoms with Crippen molar-refractivity contribution in [3.8, 4) is 0 Å². The SMILES string of the molecule is O=C(Nc1ccccc1F)c1ccc(Nc2ccccc2Br)nn1. The van der Waals surface area contributed by atoms with Crippen LogP contribution in [0, 0.1) is 5.82 Å². The Labute approximate surface area is 146 Å². The van der Waals surface area contributed by atoms with E-state index >= 15 is 0 Å². The van der Waals surface area contributed by atoms with Crippen molar-refractivity contribution in [2.45, 2.75) is 0 Å². The molecule has 0 spiro atoms. The Morgan fingerprint density at radius 1 is 0.917 bits per heavy atom. The van der Waals surface area contributed by atoms with Gasteiger partial charge >= 0.3 is 0 Å². The molecule has 2 N–H and O–H groups in total. The van der Waals surface area contributed by atoms with E-state index in [2.05, 4.69) is 36.8 Å². The van der Waals surface area contributed by atoms with E-state index in [-0.39, 0.29) is 11.4 Å². The molecule has 0 fully saturated rings. The van der Waals surface area contributed by atoms with Crippen LogP contribution in [0.25, 0.3) is 0 Å². The zero-order chi connectivity index (χ0) is 16.9. The number of rotatable bonds is 4. The lowest BCUT2D eigenvalue weighted by atomic mass is 10.3. The highest BCUT2D eigenvalue weighted by molar-refractivity contribution is 9.10. The summed E-state index contributed by atoms with van der Waals surface area (Å²) in [5, 5.41) is 13.4. The zero-order valence-corrected chi connectivity index (χ0v) is 13.9. The van der Waals surface area contributed by atoms with Crippen LogP contribution in [0.4, 0.5) is 21.6 Å². The number of para-hydroxylation sites is 2. The Hall–Kier alpha value is -2.80. The fourth-order valence-electron chi connectivity index (χ4n) is 1.97. The maximum Gasteiger partial charge on any atom is 0.276 e. The van der Waals surface area contributed by atoms with Crippen molar-refractivity contribution in [3.63, 3.8) is 0 Å². The van der Waals surface area contributed by atoms with Crippen LogP contribution in [0.5, 0.6) is 0 Å². The summed E-state index contributed by atoms with van der Waals surface area (Å²) in [6, 6.07) is 16.6. The zero-order valence-electron chi connectivity index (χ0n) is 12.3. The highest BCUT2D eigenvalue weighted by atomic mass is 79.9. The van der Waals surface area contributed by atoms with Crippen LogP contribution < -0.4 is 10.6 Å². The maximum absolute atomic E-state index is 13.5. The summed E-state index contributed by atoms with van der Waals surface area (Å²) < 4.78 is 14.4. The van der Waals surface area contributed by atoms with Crippen LogP contribution in [-0.4, -0.2) is 16.1 Å². The van der Waals surface area contributed by atoms with E-state index in [1.165, 1.54) is 18.2 Å². The molecule has 5 nitrogen and oxygen atoms in total. The van der Waals surface area contributed by atoms with E-state index < -0.39 is 11.7 Å². The first-order valence-corrected chi connectivity index (χ1v) is 7.84. The van der Waals surface area contributed by atoms with Gasteiger partial charge in [-0.15, -0.1) is 10.2 Å². The number of hydrogen-bond acceptors (Lipinski definition) is 4. The molecule has 2 aromatic carbocycles. The third kappa shape index (κ3) is 3.75. The first-order valence-electron chi connectivity index (χ1n) is 7.04. The van der Waals surface area contributed by atoms with Crippen molar-refractivity contribution in [2.24, 2.45) is 0 Å². The second kappa shape index (κ2) is 7.18. The predicted molar refractivity (Wildman–Crippen MR) is 93.8 cm³/mol. The molecule has 0 saturated carbocycles. The van der Waals surface area contributed by atoms with Crippen molar-refractivity contribution in [3.05, 3.63) is 76.6 Å². The van der Waals surface area contributed by atoms with Crippen LogP contribution in [0.3, 0.4) is 0 Å². The molecule has 1 amide bonds. The molecular formula is C17H12BrFN4O. The molecule has 0 aliphatic carbocycles. The summed E-state index contributed by atoms with van der Waals surface area (Å²) in [5.41, 5.74) is 1.02. The number of amides is 1. The number of halogens is 2. The van der Waals surface area contributed by atoms with Gasteiger partial charge in [0.25, 0.3) is 5.91 Å². The van der Waals surface area contributed by atoms with Gasteiger partial charge in [0.1, 0.15) is 5.82 Å². The summed E-state index contributed by atoms with van der Waals surface area (Å²) in [6.45, 7) is 0. The van der Waals surface area contributed by atoms with Crippen molar-refractivity contribution in [1.82, 2.24) is 10.2 Å². The number of carbonyl (C=O) groups excluding carboxylic acids is 1. The minimum absolute atomic E-state index is 0.0935. The fraction of sp³-hybridized carbons (Fsp3) is 0. The van der Waals surface area contributed by atoms with Gasteiger partial charge in [0.15, 0.2) is 11.5 Å². The van der Waals surface area contributed by atoms with Crippen LogP contribution in [0.15, 0.2) is 65.1 Å². The predicted octanol–water partition coefficient (Wildman–Crippen LogP) is 4.37. The molecule has 0 atom stereocenters. The summed E-state index contributed by atoms with van der Waals surface area (Å²) in [4.78, 5) is 12.1. The summed E-state index contributed by atoms with van der Waals surface area (Å²) in [6.07, 6.45) is 0. The summed E-state index contributed by atoms with van der Waals surface area (Å²) in [5.74, 6) is -0.546. The Balaban J connectivity index is 1.71. The fourth-order valence-corrected chi connectivity index (χ4v) is 2.35. The molecule has 24 heavy (non-hydrogen) atoms. The van der Waals surface area contributed by atoms with Gasteiger partial charge in [-0.1, -0.05) is 24.3 Å². The molecule has 0 aliphatic rings. The summed E-state index contributed by atoms with van der Waals surface area (Å²) in [7, 11) is 0. The molecule has 0 bridgehead atoms. The first kappa shape index (κ1) is 16.1. The van der Waals surface area contributed by atoms with E-state index in [9.17, 15) is 9.18 Å². The number of anilines is 3. The van der Waals surface area contributed by atoms with Crippen molar-refractivity contribution in [2.75, 3.05) is 10.6 Å². The maximum atomic E-state index is 13.5. The Morgan fingerprint density at radius 2 is 1.62 bits per heavy atom. The Bertz CT molecular complexity index is 870. The van der Waals surface area contributed by atoms with E-state index in [4.69, 9.17) is 0 Å². The number of nitrogens with one attached hydrogen (secondary N) is 2. The smallest absolute Gasteiger partial charge is 0.276 e. The molecule has 0 radical (unpaired) electrons. The molecule has 0 aliphatic heterocycles. The average Bonchev–Trinajstić information content (AvgIpc) is 2.59. The Kier molecular flexibility index (Phi) is 4.81. The quantitative estimate of drug-likeness (QED) is 0.698. The highest BCUT2D eigenvalue weighted by Crippen LogP contribution is 2.24. The minimum atomic E-state index is -0.528. The average molecular weight is 387 g/mol. The molecule has 0 unspecified atom stereocenters. The molecule has 120 valence electrons. The normalized spacial score (nSPS) is 10.2. The van der Waals surface area contributed by atoms with Crippen LogP contribution in [-0.2, 0) is 0 Å². The Morgan fingerprint density at radius 3 is 2.29 bits per heavy atom.